The van der Waals surface area contributed by atoms with E-state index < -0.39 is 23.6 Å². The van der Waals surface area contributed by atoms with Gasteiger partial charge in [-0.25, -0.2) is 3.63 Å². The van der Waals surface area contributed by atoms with Crippen LogP contribution in [-0.4, -0.2) is 32.2 Å². The van der Waals surface area contributed by atoms with Crippen molar-refractivity contribution in [3.63, 3.8) is 0 Å². The maximum absolute atomic E-state index is 12.2. The second-order valence-corrected chi connectivity index (χ2v) is 6.69. The lowest BCUT2D eigenvalue weighted by Gasteiger charge is -2.13. The molecule has 0 saturated carbocycles. The third-order valence-corrected chi connectivity index (χ3v) is 5.17. The van der Waals surface area contributed by atoms with Crippen LogP contribution in [0.2, 0.25) is 0 Å². The molecule has 9 heteroatoms. The first-order valence-corrected chi connectivity index (χ1v) is 8.46. The number of hydrogen-bond donors (Lipinski definition) is 0. The molecular formula is C16H8N2O5S2. The summed E-state index contributed by atoms with van der Waals surface area (Å²) in [6.07, 6.45) is 0. The van der Waals surface area contributed by atoms with Gasteiger partial charge >= 0.3 is 0 Å². The molecule has 7 nitrogen and oxygen atoms in total. The maximum atomic E-state index is 12.2. The van der Waals surface area contributed by atoms with Crippen LogP contribution in [0.25, 0.3) is 0 Å². The van der Waals surface area contributed by atoms with E-state index in [1.807, 2.05) is 0 Å². The van der Waals surface area contributed by atoms with E-state index in [0.717, 1.165) is 8.61 Å². The summed E-state index contributed by atoms with van der Waals surface area (Å²) in [6.45, 7) is 0. The Bertz CT molecular complexity index is 800. The van der Waals surface area contributed by atoms with Gasteiger partial charge in [0.15, 0.2) is 0 Å². The first-order chi connectivity index (χ1) is 12.1. The van der Waals surface area contributed by atoms with Crippen molar-refractivity contribution in [2.24, 2.45) is 0 Å². The molecule has 2 aliphatic rings. The minimum Gasteiger partial charge on any atom is -0.268 e. The highest BCUT2D eigenvalue weighted by molar-refractivity contribution is 8.06. The molecule has 0 saturated heterocycles. The Hall–Kier alpha value is -2.62. The van der Waals surface area contributed by atoms with Crippen molar-refractivity contribution in [2.45, 2.75) is 0 Å². The number of carbonyl (C=O) groups excluding carboxylic acids is 4. The molecular weight excluding hydrogens is 364 g/mol. The van der Waals surface area contributed by atoms with E-state index in [0.29, 0.717) is 24.5 Å². The molecule has 4 amide bonds. The summed E-state index contributed by atoms with van der Waals surface area (Å²) in [5.74, 6) is -2.02. The largest absolute Gasteiger partial charge is 0.273 e. The second kappa shape index (κ2) is 6.03. The van der Waals surface area contributed by atoms with Gasteiger partial charge in [0.2, 0.25) is 0 Å². The quantitative estimate of drug-likeness (QED) is 0.463. The van der Waals surface area contributed by atoms with Crippen LogP contribution in [0, 0.1) is 0 Å². The number of carbonyl (C=O) groups is 4. The lowest BCUT2D eigenvalue weighted by molar-refractivity contribution is 0.0763. The Kier molecular flexibility index (Phi) is 3.83. The van der Waals surface area contributed by atoms with Gasteiger partial charge in [-0.05, 0) is 24.3 Å². The number of amides is 4. The Morgan fingerprint density at radius 3 is 1.12 bits per heavy atom. The fourth-order valence-electron chi connectivity index (χ4n) is 2.54. The highest BCUT2D eigenvalue weighted by atomic mass is 32.2. The fraction of sp³-hybridized carbons (Fsp3) is 0. The van der Waals surface area contributed by atoms with Gasteiger partial charge in [0.25, 0.3) is 23.6 Å². The molecule has 0 unspecified atom stereocenters. The Labute approximate surface area is 150 Å². The van der Waals surface area contributed by atoms with Gasteiger partial charge in [-0.2, -0.15) is 8.61 Å². The minimum atomic E-state index is -0.506. The van der Waals surface area contributed by atoms with E-state index in [1.54, 1.807) is 48.5 Å². The normalized spacial score (nSPS) is 15.8. The van der Waals surface area contributed by atoms with Crippen LogP contribution in [0.15, 0.2) is 48.5 Å². The molecule has 2 heterocycles. The summed E-state index contributed by atoms with van der Waals surface area (Å²) < 4.78 is 6.83. The standard InChI is InChI=1S/C16H8N2O5S2/c19-13-9-5-1-2-6-10(9)14(20)17(13)24-23-25-18-15(21)11-7-3-4-8-12(11)16(18)22/h1-8H. The average molecular weight is 372 g/mol. The third kappa shape index (κ3) is 2.44. The zero-order valence-electron chi connectivity index (χ0n) is 12.4. The molecule has 4 rings (SSSR count). The molecule has 2 aromatic carbocycles. The molecule has 0 N–H and O–H groups in total. The Morgan fingerprint density at radius 1 is 0.560 bits per heavy atom. The van der Waals surface area contributed by atoms with Crippen molar-refractivity contribution in [3.8, 4) is 0 Å². The summed E-state index contributed by atoms with van der Waals surface area (Å²) in [4.78, 5) is 48.8. The fourth-order valence-corrected chi connectivity index (χ4v) is 3.80. The van der Waals surface area contributed by atoms with Crippen LogP contribution < -0.4 is 0 Å². The number of hydrogen-bond acceptors (Lipinski definition) is 7. The van der Waals surface area contributed by atoms with Gasteiger partial charge in [0.05, 0.1) is 22.3 Å². The van der Waals surface area contributed by atoms with Crippen molar-refractivity contribution in [2.75, 3.05) is 0 Å². The monoisotopic (exact) mass is 372 g/mol. The molecule has 0 aliphatic carbocycles. The minimum absolute atomic E-state index is 0.286. The molecule has 0 radical (unpaired) electrons. The lowest BCUT2D eigenvalue weighted by atomic mass is 10.1. The van der Waals surface area contributed by atoms with Gasteiger partial charge in [-0.3, -0.25) is 19.2 Å². The molecule has 2 aliphatic heterocycles. The van der Waals surface area contributed by atoms with Gasteiger partial charge in [-0.15, -0.1) is 0 Å². The van der Waals surface area contributed by atoms with Gasteiger partial charge < -0.3 is 0 Å². The average Bonchev–Trinajstić information content (AvgIpc) is 3.03. The van der Waals surface area contributed by atoms with Gasteiger partial charge in [-0.1, -0.05) is 24.3 Å². The summed E-state index contributed by atoms with van der Waals surface area (Å²) in [5, 5.41) is 0. The number of imide groups is 2. The molecule has 124 valence electrons. The van der Waals surface area contributed by atoms with Crippen LogP contribution >= 0.6 is 24.5 Å². The van der Waals surface area contributed by atoms with E-state index in [-0.39, 0.29) is 22.3 Å². The summed E-state index contributed by atoms with van der Waals surface area (Å²) in [6, 6.07) is 12.8. The molecule has 0 aromatic heterocycles. The van der Waals surface area contributed by atoms with Crippen LogP contribution in [0.5, 0.6) is 0 Å². The van der Waals surface area contributed by atoms with Gasteiger partial charge in [0.1, 0.15) is 24.5 Å². The smallest absolute Gasteiger partial charge is 0.268 e. The number of fused-ring (bicyclic) bond motifs is 2. The van der Waals surface area contributed by atoms with E-state index >= 15 is 0 Å². The Balaban J connectivity index is 1.43. The van der Waals surface area contributed by atoms with Crippen molar-refractivity contribution in [1.82, 2.24) is 8.61 Å². The molecule has 0 bridgehead atoms. The maximum Gasteiger partial charge on any atom is 0.273 e. The van der Waals surface area contributed by atoms with Crippen molar-refractivity contribution < 1.29 is 22.8 Å². The van der Waals surface area contributed by atoms with Crippen molar-refractivity contribution >= 4 is 48.1 Å². The zero-order chi connectivity index (χ0) is 17.6. The first kappa shape index (κ1) is 15.9. The summed E-state index contributed by atoms with van der Waals surface area (Å²) in [5.41, 5.74) is 1.15. The zero-order valence-corrected chi connectivity index (χ0v) is 14.0. The van der Waals surface area contributed by atoms with Crippen LogP contribution in [-0.2, 0) is 3.63 Å². The highest BCUT2D eigenvalue weighted by Crippen LogP contribution is 2.35. The molecule has 0 spiro atoms. The predicted molar refractivity (Wildman–Crippen MR) is 90.2 cm³/mol. The Morgan fingerprint density at radius 2 is 0.840 bits per heavy atom. The van der Waals surface area contributed by atoms with E-state index in [4.69, 9.17) is 3.63 Å². The first-order valence-electron chi connectivity index (χ1n) is 7.06. The molecule has 0 fully saturated rings. The van der Waals surface area contributed by atoms with Crippen molar-refractivity contribution in [1.29, 1.82) is 0 Å². The number of benzene rings is 2. The van der Waals surface area contributed by atoms with E-state index in [2.05, 4.69) is 0 Å². The third-order valence-electron chi connectivity index (χ3n) is 3.72. The number of nitrogens with zero attached hydrogens (tertiary/aromatic N) is 2. The summed E-state index contributed by atoms with van der Waals surface area (Å²) in [7, 11) is 0. The molecule has 0 atom stereocenters. The SMILES string of the molecule is O=C1c2ccccc2C(=O)N1SOSN1C(=O)c2ccccc2C1=O. The van der Waals surface area contributed by atoms with Gasteiger partial charge in [0, 0.05) is 0 Å². The van der Waals surface area contributed by atoms with E-state index in [9.17, 15) is 19.2 Å². The highest BCUT2D eigenvalue weighted by Gasteiger charge is 2.39. The van der Waals surface area contributed by atoms with Crippen LogP contribution in [0.4, 0.5) is 0 Å². The molecule has 2 aromatic rings. The number of rotatable bonds is 4. The van der Waals surface area contributed by atoms with E-state index in [1.165, 1.54) is 0 Å². The van der Waals surface area contributed by atoms with Crippen molar-refractivity contribution in [3.05, 3.63) is 70.8 Å². The molecule has 25 heavy (non-hydrogen) atoms. The van der Waals surface area contributed by atoms with Crippen LogP contribution in [0.1, 0.15) is 41.4 Å². The summed E-state index contributed by atoms with van der Waals surface area (Å²) >= 11 is 0.955. The lowest BCUT2D eigenvalue weighted by Crippen LogP contribution is -2.24. The second-order valence-electron chi connectivity index (χ2n) is 5.12. The van der Waals surface area contributed by atoms with Crippen LogP contribution in [0.3, 0.4) is 0 Å². The predicted octanol–water partition coefficient (Wildman–Crippen LogP) is 2.72. The topological polar surface area (TPSA) is 84.0 Å².